The van der Waals surface area contributed by atoms with Crippen molar-refractivity contribution in [3.8, 4) is 0 Å². The van der Waals surface area contributed by atoms with Gasteiger partial charge in [0.25, 0.3) is 0 Å². The number of aromatic nitrogens is 2. The summed E-state index contributed by atoms with van der Waals surface area (Å²) >= 11 is 0. The van der Waals surface area contributed by atoms with Crippen LogP contribution in [0.4, 0.5) is 0 Å². The highest BCUT2D eigenvalue weighted by Gasteiger charge is 2.10. The van der Waals surface area contributed by atoms with Gasteiger partial charge >= 0.3 is 0 Å². The monoisotopic (exact) mass is 262 g/mol. The topological polar surface area (TPSA) is 33.1 Å². The third-order valence-electron chi connectivity index (χ3n) is 3.71. The van der Waals surface area contributed by atoms with Gasteiger partial charge in [-0.25, -0.2) is 0 Å². The first-order valence-electron chi connectivity index (χ1n) is 7.36. The van der Waals surface area contributed by atoms with E-state index in [1.807, 2.05) is 10.8 Å². The summed E-state index contributed by atoms with van der Waals surface area (Å²) in [4.78, 5) is 2.56. The molecule has 0 amide bonds. The summed E-state index contributed by atoms with van der Waals surface area (Å²) in [5.41, 5.74) is 2.41. The summed E-state index contributed by atoms with van der Waals surface area (Å²) in [6.07, 6.45) is 7.99. The van der Waals surface area contributed by atoms with Crippen molar-refractivity contribution in [1.82, 2.24) is 20.0 Å². The van der Waals surface area contributed by atoms with Gasteiger partial charge in [-0.1, -0.05) is 6.08 Å². The van der Waals surface area contributed by atoms with Crippen molar-refractivity contribution in [3.63, 3.8) is 0 Å². The van der Waals surface area contributed by atoms with Gasteiger partial charge in [-0.05, 0) is 52.4 Å². The molecule has 19 heavy (non-hydrogen) atoms. The van der Waals surface area contributed by atoms with E-state index in [1.54, 1.807) is 0 Å². The normalized spacial score (nSPS) is 16.1. The van der Waals surface area contributed by atoms with Gasteiger partial charge in [0.15, 0.2) is 0 Å². The molecule has 0 atom stereocenters. The molecule has 1 aromatic heterocycles. The first-order valence-corrected chi connectivity index (χ1v) is 7.36. The molecule has 0 radical (unpaired) electrons. The zero-order valence-corrected chi connectivity index (χ0v) is 12.1. The Morgan fingerprint density at radius 1 is 1.42 bits per heavy atom. The van der Waals surface area contributed by atoms with Crippen LogP contribution in [-0.2, 0) is 13.1 Å². The zero-order chi connectivity index (χ0) is 13.5. The van der Waals surface area contributed by atoms with E-state index in [1.165, 1.54) is 44.5 Å². The molecule has 1 N–H and O–H groups in total. The van der Waals surface area contributed by atoms with Crippen LogP contribution in [0.2, 0.25) is 0 Å². The number of allylic oxidation sites excluding steroid dienone is 1. The molecule has 2 heterocycles. The summed E-state index contributed by atoms with van der Waals surface area (Å²) in [5, 5.41) is 7.98. The fourth-order valence-corrected chi connectivity index (χ4v) is 2.62. The Morgan fingerprint density at radius 3 is 2.95 bits per heavy atom. The molecule has 1 aliphatic heterocycles. The molecule has 4 nitrogen and oxygen atoms in total. The smallest absolute Gasteiger partial charge is 0.0638 e. The summed E-state index contributed by atoms with van der Waals surface area (Å²) < 4.78 is 1.95. The number of likely N-dealkylation sites (tertiary alicyclic amines) is 1. The van der Waals surface area contributed by atoms with Crippen LogP contribution in [0, 0.1) is 6.92 Å². The SMILES string of the molecule is C=CCn1cc(CNCCCN2CCCC2)c(C)n1. The van der Waals surface area contributed by atoms with Crippen molar-refractivity contribution in [3.05, 3.63) is 30.1 Å². The minimum atomic E-state index is 0.788. The molecule has 0 bridgehead atoms. The molecular formula is C15H26N4. The van der Waals surface area contributed by atoms with E-state index >= 15 is 0 Å². The van der Waals surface area contributed by atoms with E-state index < -0.39 is 0 Å². The van der Waals surface area contributed by atoms with Gasteiger partial charge in [-0.2, -0.15) is 5.10 Å². The average Bonchev–Trinajstić information content (AvgIpc) is 3.00. The molecule has 1 fully saturated rings. The van der Waals surface area contributed by atoms with Crippen molar-refractivity contribution in [2.24, 2.45) is 0 Å². The largest absolute Gasteiger partial charge is 0.312 e. The highest BCUT2D eigenvalue weighted by molar-refractivity contribution is 5.15. The van der Waals surface area contributed by atoms with Gasteiger partial charge in [-0.15, -0.1) is 6.58 Å². The lowest BCUT2D eigenvalue weighted by Crippen LogP contribution is -2.24. The molecule has 0 aromatic carbocycles. The highest BCUT2D eigenvalue weighted by atomic mass is 15.3. The molecule has 1 aliphatic rings. The van der Waals surface area contributed by atoms with Crippen LogP contribution in [-0.4, -0.2) is 40.9 Å². The molecule has 2 rings (SSSR count). The third kappa shape index (κ3) is 4.48. The van der Waals surface area contributed by atoms with E-state index in [0.717, 1.165) is 25.3 Å². The molecule has 0 spiro atoms. The third-order valence-corrected chi connectivity index (χ3v) is 3.71. The Hall–Kier alpha value is -1.13. The standard InChI is InChI=1S/C15H26N4/c1-3-8-19-13-15(14(2)17-19)12-16-7-6-11-18-9-4-5-10-18/h3,13,16H,1,4-12H2,2H3. The summed E-state index contributed by atoms with van der Waals surface area (Å²) in [5.74, 6) is 0. The molecule has 0 saturated carbocycles. The summed E-state index contributed by atoms with van der Waals surface area (Å²) in [7, 11) is 0. The van der Waals surface area contributed by atoms with Crippen molar-refractivity contribution >= 4 is 0 Å². The second-order valence-electron chi connectivity index (χ2n) is 5.33. The summed E-state index contributed by atoms with van der Waals surface area (Å²) in [6, 6.07) is 0. The van der Waals surface area contributed by atoms with Crippen molar-refractivity contribution in [1.29, 1.82) is 0 Å². The maximum absolute atomic E-state index is 4.46. The van der Waals surface area contributed by atoms with Gasteiger partial charge in [-0.3, -0.25) is 4.68 Å². The molecule has 4 heteroatoms. The maximum Gasteiger partial charge on any atom is 0.0638 e. The number of nitrogens with zero attached hydrogens (tertiary/aromatic N) is 3. The van der Waals surface area contributed by atoms with Gasteiger partial charge in [0.2, 0.25) is 0 Å². The Labute approximate surface area is 116 Å². The van der Waals surface area contributed by atoms with E-state index in [9.17, 15) is 0 Å². The van der Waals surface area contributed by atoms with Crippen molar-refractivity contribution in [2.75, 3.05) is 26.2 Å². The second kappa shape index (κ2) is 7.46. The van der Waals surface area contributed by atoms with Gasteiger partial charge < -0.3 is 10.2 Å². The molecule has 1 aromatic rings. The van der Waals surface area contributed by atoms with Crippen LogP contribution in [0.15, 0.2) is 18.9 Å². The van der Waals surface area contributed by atoms with Gasteiger partial charge in [0, 0.05) is 18.3 Å². The zero-order valence-electron chi connectivity index (χ0n) is 12.1. The second-order valence-corrected chi connectivity index (χ2v) is 5.33. The number of hydrogen-bond acceptors (Lipinski definition) is 3. The van der Waals surface area contributed by atoms with Crippen LogP contribution in [0.1, 0.15) is 30.5 Å². The molecule has 1 saturated heterocycles. The minimum absolute atomic E-state index is 0.788. The van der Waals surface area contributed by atoms with Crippen molar-refractivity contribution < 1.29 is 0 Å². The van der Waals surface area contributed by atoms with Crippen LogP contribution < -0.4 is 5.32 Å². The quantitative estimate of drug-likeness (QED) is 0.574. The Bertz CT molecular complexity index is 391. The Kier molecular flexibility index (Phi) is 5.61. The molecule has 0 unspecified atom stereocenters. The van der Waals surface area contributed by atoms with Gasteiger partial charge in [0.05, 0.1) is 12.2 Å². The van der Waals surface area contributed by atoms with Crippen LogP contribution >= 0.6 is 0 Å². The average molecular weight is 262 g/mol. The van der Waals surface area contributed by atoms with Crippen LogP contribution in [0.5, 0.6) is 0 Å². The predicted octanol–water partition coefficient (Wildman–Crippen LogP) is 1.95. The number of nitrogens with one attached hydrogen (secondary N) is 1. The fourth-order valence-electron chi connectivity index (χ4n) is 2.62. The van der Waals surface area contributed by atoms with Crippen molar-refractivity contribution in [2.45, 2.75) is 39.3 Å². The molecular weight excluding hydrogens is 236 g/mol. The summed E-state index contributed by atoms with van der Waals surface area (Å²) in [6.45, 7) is 12.4. The lowest BCUT2D eigenvalue weighted by Gasteiger charge is -2.14. The lowest BCUT2D eigenvalue weighted by atomic mass is 10.2. The van der Waals surface area contributed by atoms with Gasteiger partial charge in [0.1, 0.15) is 0 Å². The fraction of sp³-hybridized carbons (Fsp3) is 0.667. The predicted molar refractivity (Wildman–Crippen MR) is 79.2 cm³/mol. The van der Waals surface area contributed by atoms with E-state index in [4.69, 9.17) is 0 Å². The number of hydrogen-bond donors (Lipinski definition) is 1. The number of aryl methyl sites for hydroxylation is 1. The lowest BCUT2D eigenvalue weighted by molar-refractivity contribution is 0.331. The minimum Gasteiger partial charge on any atom is -0.312 e. The van der Waals surface area contributed by atoms with Crippen LogP contribution in [0.25, 0.3) is 0 Å². The first-order chi connectivity index (χ1) is 9.29. The number of rotatable bonds is 8. The van der Waals surface area contributed by atoms with Crippen LogP contribution in [0.3, 0.4) is 0 Å². The Morgan fingerprint density at radius 2 is 2.21 bits per heavy atom. The first kappa shape index (κ1) is 14.3. The van der Waals surface area contributed by atoms with E-state index in [0.29, 0.717) is 0 Å². The molecule has 106 valence electrons. The Balaban J connectivity index is 1.63. The highest BCUT2D eigenvalue weighted by Crippen LogP contribution is 2.07. The van der Waals surface area contributed by atoms with E-state index in [-0.39, 0.29) is 0 Å². The van der Waals surface area contributed by atoms with E-state index in [2.05, 4.69) is 35.0 Å². The maximum atomic E-state index is 4.46. The molecule has 0 aliphatic carbocycles.